The number of aromatic nitrogens is 1. The first kappa shape index (κ1) is 15.9. The molecule has 4 rings (SSSR count). The number of piperidine rings is 1. The number of carbonyl (C=O) groups is 1. The zero-order valence-electron chi connectivity index (χ0n) is 14.1. The van der Waals surface area contributed by atoms with E-state index in [4.69, 9.17) is 0 Å². The Labute approximate surface area is 146 Å². The largest absolute Gasteiger partial charge is 0.393 e. The molecule has 2 atom stereocenters. The Hall–Kier alpha value is -1.59. The van der Waals surface area contributed by atoms with Crippen LogP contribution in [0.4, 0.5) is 0 Å². The van der Waals surface area contributed by atoms with Crippen molar-refractivity contribution in [3.63, 3.8) is 0 Å². The van der Waals surface area contributed by atoms with E-state index >= 15 is 0 Å². The predicted molar refractivity (Wildman–Crippen MR) is 96.0 cm³/mol. The van der Waals surface area contributed by atoms with Gasteiger partial charge < -0.3 is 14.6 Å². The van der Waals surface area contributed by atoms with E-state index in [-0.39, 0.29) is 17.9 Å². The molecule has 0 aromatic carbocycles. The van der Waals surface area contributed by atoms with Crippen LogP contribution in [0.1, 0.15) is 47.0 Å². The van der Waals surface area contributed by atoms with Crippen LogP contribution in [0.15, 0.2) is 24.5 Å². The number of likely N-dealkylation sites (tertiary alicyclic amines) is 1. The highest BCUT2D eigenvalue weighted by atomic mass is 32.1. The number of hydrogen-bond acceptors (Lipinski definition) is 3. The first-order valence-electron chi connectivity index (χ1n) is 8.90. The second kappa shape index (κ2) is 6.37. The zero-order chi connectivity index (χ0) is 16.7. The second-order valence-corrected chi connectivity index (χ2v) is 8.11. The Balaban J connectivity index is 1.69. The summed E-state index contributed by atoms with van der Waals surface area (Å²) in [5.74, 6) is 0.355. The van der Waals surface area contributed by atoms with Crippen LogP contribution in [0, 0.1) is 5.92 Å². The van der Waals surface area contributed by atoms with Crippen molar-refractivity contribution in [2.75, 3.05) is 13.1 Å². The molecule has 24 heavy (non-hydrogen) atoms. The highest BCUT2D eigenvalue weighted by molar-refractivity contribution is 7.15. The molecular formula is C19H24N2O2S. The molecule has 5 heteroatoms. The molecule has 0 saturated carbocycles. The summed E-state index contributed by atoms with van der Waals surface area (Å²) in [5.41, 5.74) is 2.18. The van der Waals surface area contributed by atoms with Gasteiger partial charge in [0.05, 0.1) is 11.7 Å². The molecule has 1 amide bonds. The van der Waals surface area contributed by atoms with Crippen LogP contribution in [-0.4, -0.2) is 39.7 Å². The maximum absolute atomic E-state index is 13.3. The highest BCUT2D eigenvalue weighted by Gasteiger charge is 2.33. The molecule has 0 radical (unpaired) electrons. The lowest BCUT2D eigenvalue weighted by molar-refractivity contribution is 0.0466. The monoisotopic (exact) mass is 344 g/mol. The topological polar surface area (TPSA) is 45.5 Å². The number of hydrogen-bond donors (Lipinski definition) is 1. The molecule has 2 aromatic rings. The minimum absolute atomic E-state index is 0.156. The van der Waals surface area contributed by atoms with Crippen LogP contribution in [-0.2, 0) is 12.8 Å². The number of nitrogens with zero attached hydrogens (tertiary/aromatic N) is 2. The van der Waals surface area contributed by atoms with E-state index in [1.165, 1.54) is 10.4 Å². The molecule has 3 heterocycles. The van der Waals surface area contributed by atoms with Crippen LogP contribution in [0.25, 0.3) is 5.00 Å². The Bertz CT molecular complexity index is 733. The van der Waals surface area contributed by atoms with Crippen LogP contribution < -0.4 is 0 Å². The average molecular weight is 344 g/mol. The number of amides is 1. The van der Waals surface area contributed by atoms with Crippen molar-refractivity contribution >= 4 is 17.2 Å². The lowest BCUT2D eigenvalue weighted by Crippen LogP contribution is -2.43. The fraction of sp³-hybridized carbons (Fsp3) is 0.526. The summed E-state index contributed by atoms with van der Waals surface area (Å²) < 4.78 is 2.08. The van der Waals surface area contributed by atoms with Gasteiger partial charge >= 0.3 is 0 Å². The normalized spacial score (nSPS) is 21.8. The van der Waals surface area contributed by atoms with E-state index in [1.807, 2.05) is 36.4 Å². The first-order chi connectivity index (χ1) is 11.6. The standard InChI is InChI=1S/C19H24N2O2S/c1-13(22)14-6-5-11-21(12-14)18(23)17-15-7-4-8-16(15)24-19(17)20-9-2-3-10-20/h2-3,9-10,13-14,22H,4-8,11-12H2,1H3. The van der Waals surface area contributed by atoms with Gasteiger partial charge in [-0.15, -0.1) is 11.3 Å². The Morgan fingerprint density at radius 2 is 2.08 bits per heavy atom. The number of fused-ring (bicyclic) bond motifs is 1. The maximum atomic E-state index is 13.3. The quantitative estimate of drug-likeness (QED) is 0.929. The predicted octanol–water partition coefficient (Wildman–Crippen LogP) is 3.26. The average Bonchev–Trinajstić information content (AvgIpc) is 3.30. The molecule has 0 bridgehead atoms. The van der Waals surface area contributed by atoms with Gasteiger partial charge in [-0.3, -0.25) is 4.79 Å². The lowest BCUT2D eigenvalue weighted by Gasteiger charge is -2.34. The van der Waals surface area contributed by atoms with E-state index in [1.54, 1.807) is 11.3 Å². The molecule has 1 saturated heterocycles. The Kier molecular flexibility index (Phi) is 4.22. The fourth-order valence-corrected chi connectivity index (χ4v) is 5.36. The van der Waals surface area contributed by atoms with Crippen LogP contribution in [0.2, 0.25) is 0 Å². The number of aryl methyl sites for hydroxylation is 1. The van der Waals surface area contributed by atoms with Gasteiger partial charge in [-0.2, -0.15) is 0 Å². The zero-order valence-corrected chi connectivity index (χ0v) is 14.9. The molecular weight excluding hydrogens is 320 g/mol. The van der Waals surface area contributed by atoms with E-state index in [9.17, 15) is 9.90 Å². The van der Waals surface area contributed by atoms with Gasteiger partial charge in [-0.05, 0) is 56.7 Å². The molecule has 2 aliphatic rings. The summed E-state index contributed by atoms with van der Waals surface area (Å²) in [6, 6.07) is 4.01. The Morgan fingerprint density at radius 1 is 1.29 bits per heavy atom. The lowest BCUT2D eigenvalue weighted by atomic mass is 9.93. The van der Waals surface area contributed by atoms with Crippen LogP contribution in [0.3, 0.4) is 0 Å². The van der Waals surface area contributed by atoms with Crippen molar-refractivity contribution in [2.24, 2.45) is 5.92 Å². The van der Waals surface area contributed by atoms with E-state index in [0.717, 1.165) is 49.2 Å². The van der Waals surface area contributed by atoms with Gasteiger partial charge in [0.25, 0.3) is 5.91 Å². The summed E-state index contributed by atoms with van der Waals surface area (Å²) in [6.07, 6.45) is 8.95. The first-order valence-corrected chi connectivity index (χ1v) is 9.72. The third-order valence-electron chi connectivity index (χ3n) is 5.38. The highest BCUT2D eigenvalue weighted by Crippen LogP contribution is 2.39. The van der Waals surface area contributed by atoms with E-state index < -0.39 is 0 Å². The van der Waals surface area contributed by atoms with Crippen molar-refractivity contribution in [2.45, 2.75) is 45.1 Å². The number of rotatable bonds is 3. The molecule has 2 unspecified atom stereocenters. The molecule has 1 fully saturated rings. The number of thiophene rings is 1. The minimum Gasteiger partial charge on any atom is -0.393 e. The van der Waals surface area contributed by atoms with Crippen molar-refractivity contribution < 1.29 is 9.90 Å². The molecule has 2 aromatic heterocycles. The van der Waals surface area contributed by atoms with Crippen molar-refractivity contribution in [3.8, 4) is 5.00 Å². The summed E-state index contributed by atoms with van der Waals surface area (Å²) in [7, 11) is 0. The smallest absolute Gasteiger partial charge is 0.257 e. The van der Waals surface area contributed by atoms with Crippen LogP contribution >= 0.6 is 11.3 Å². The summed E-state index contributed by atoms with van der Waals surface area (Å²) in [6.45, 7) is 3.32. The summed E-state index contributed by atoms with van der Waals surface area (Å²) >= 11 is 1.77. The van der Waals surface area contributed by atoms with E-state index in [2.05, 4.69) is 4.57 Å². The van der Waals surface area contributed by atoms with Crippen molar-refractivity contribution in [3.05, 3.63) is 40.5 Å². The third-order valence-corrected chi connectivity index (χ3v) is 6.69. The maximum Gasteiger partial charge on any atom is 0.257 e. The second-order valence-electron chi connectivity index (χ2n) is 7.02. The third kappa shape index (κ3) is 2.70. The molecule has 128 valence electrons. The van der Waals surface area contributed by atoms with Gasteiger partial charge in [0.15, 0.2) is 0 Å². The van der Waals surface area contributed by atoms with Gasteiger partial charge in [0, 0.05) is 36.3 Å². The SMILES string of the molecule is CC(O)C1CCCN(C(=O)c2c(-n3cccc3)sc3c2CCC3)C1. The van der Waals surface area contributed by atoms with Gasteiger partial charge in [-0.25, -0.2) is 0 Å². The summed E-state index contributed by atoms with van der Waals surface area (Å²) in [5, 5.41) is 11.0. The molecule has 1 N–H and O–H groups in total. The number of aliphatic hydroxyl groups excluding tert-OH is 1. The van der Waals surface area contributed by atoms with Crippen LogP contribution in [0.5, 0.6) is 0 Å². The van der Waals surface area contributed by atoms with Crippen molar-refractivity contribution in [1.82, 2.24) is 9.47 Å². The molecule has 0 spiro atoms. The number of aliphatic hydroxyl groups is 1. The van der Waals surface area contributed by atoms with Gasteiger partial charge in [0.2, 0.25) is 0 Å². The fourth-order valence-electron chi connectivity index (χ4n) is 4.01. The number of carbonyl (C=O) groups excluding carboxylic acids is 1. The summed E-state index contributed by atoms with van der Waals surface area (Å²) in [4.78, 5) is 16.7. The Morgan fingerprint density at radius 3 is 2.83 bits per heavy atom. The molecule has 4 nitrogen and oxygen atoms in total. The minimum atomic E-state index is -0.349. The molecule has 1 aliphatic heterocycles. The van der Waals surface area contributed by atoms with Gasteiger partial charge in [-0.1, -0.05) is 0 Å². The van der Waals surface area contributed by atoms with Gasteiger partial charge in [0.1, 0.15) is 5.00 Å². The van der Waals surface area contributed by atoms with E-state index in [0.29, 0.717) is 6.54 Å². The molecule has 1 aliphatic carbocycles. The van der Waals surface area contributed by atoms with Crippen molar-refractivity contribution in [1.29, 1.82) is 0 Å².